The lowest BCUT2D eigenvalue weighted by Gasteiger charge is -2.19. The van der Waals surface area contributed by atoms with Crippen molar-refractivity contribution in [2.75, 3.05) is 10.3 Å². The van der Waals surface area contributed by atoms with E-state index in [0.717, 1.165) is 40.3 Å². The number of alkyl halides is 3. The van der Waals surface area contributed by atoms with E-state index in [2.05, 4.69) is 10.5 Å². The van der Waals surface area contributed by atoms with Crippen molar-refractivity contribution >= 4 is 34.7 Å². The highest BCUT2D eigenvalue weighted by Crippen LogP contribution is 2.41. The number of carbonyl (C=O) groups is 2. The zero-order chi connectivity index (χ0) is 29.6. The number of carboxylic acids is 1. The summed E-state index contributed by atoms with van der Waals surface area (Å²) in [7, 11) is 0. The highest BCUT2D eigenvalue weighted by atomic mass is 19.4. The summed E-state index contributed by atoms with van der Waals surface area (Å²) < 4.78 is 54.6. The number of aromatic hydroxyl groups is 1. The maximum absolute atomic E-state index is 13.9. The van der Waals surface area contributed by atoms with Gasteiger partial charge < -0.3 is 10.2 Å². The minimum atomic E-state index is -4.64. The average Bonchev–Trinajstić information content (AvgIpc) is 3.17. The third-order valence-corrected chi connectivity index (χ3v) is 6.52. The van der Waals surface area contributed by atoms with Gasteiger partial charge in [-0.05, 0) is 79.1 Å². The van der Waals surface area contributed by atoms with E-state index in [-0.39, 0.29) is 39.5 Å². The minimum absolute atomic E-state index is 0.000796. The van der Waals surface area contributed by atoms with Crippen molar-refractivity contribution in [2.45, 2.75) is 20.0 Å². The summed E-state index contributed by atoms with van der Waals surface area (Å²) in [6.07, 6.45) is -4.64. The molecule has 0 fully saturated rings. The van der Waals surface area contributed by atoms with Crippen molar-refractivity contribution in [3.63, 3.8) is 0 Å². The molecule has 1 aliphatic rings. The number of halogens is 4. The van der Waals surface area contributed by atoms with Crippen LogP contribution >= 0.6 is 0 Å². The second-order valence-corrected chi connectivity index (χ2v) is 9.49. The van der Waals surface area contributed by atoms with E-state index in [1.54, 1.807) is 26.0 Å². The first kappa shape index (κ1) is 27.4. The normalized spacial score (nSPS) is 14.0. The molecular weight excluding hydrogens is 542 g/mol. The quantitative estimate of drug-likeness (QED) is 0.138. The Kier molecular flexibility index (Phi) is 6.74. The van der Waals surface area contributed by atoms with Crippen LogP contribution in [0.2, 0.25) is 0 Å². The Morgan fingerprint density at radius 3 is 2.29 bits per heavy atom. The highest BCUT2D eigenvalue weighted by Gasteiger charge is 2.39. The molecular formula is C30H21F4N3O4. The summed E-state index contributed by atoms with van der Waals surface area (Å²) in [5.41, 5.74) is 3.40. The topological polar surface area (TPSA) is 102 Å². The van der Waals surface area contributed by atoms with Gasteiger partial charge in [-0.15, -0.1) is 0 Å². The van der Waals surface area contributed by atoms with Crippen molar-refractivity contribution < 1.29 is 37.4 Å². The van der Waals surface area contributed by atoms with E-state index in [0.29, 0.717) is 5.69 Å². The molecule has 11 heteroatoms. The number of carboxylic acid groups (broad SMARTS) is 1. The van der Waals surface area contributed by atoms with Crippen molar-refractivity contribution in [3.8, 4) is 16.9 Å². The Bertz CT molecular complexity index is 1750. The summed E-state index contributed by atoms with van der Waals surface area (Å²) in [6, 6.07) is 15.9. The largest absolute Gasteiger partial charge is 0.505 e. The van der Waals surface area contributed by atoms with Gasteiger partial charge in [0.2, 0.25) is 0 Å². The van der Waals surface area contributed by atoms with E-state index >= 15 is 0 Å². The standard InChI is InChI=1S/C30H21F4N3O4/c1-15-10-16(2)12-19(11-15)37-25-14-18(30(32,33)34)7-8-21(25)26(28(37)39)36-35-24-5-3-4-20(27(24)38)17-6-9-23(31)22(13-17)29(40)41/h3-14,35,38H,1-2H3,(H,40,41). The first-order valence-electron chi connectivity index (χ1n) is 12.2. The van der Waals surface area contributed by atoms with Crippen LogP contribution in [-0.2, 0) is 11.0 Å². The number of hydrazone groups is 1. The Labute approximate surface area is 231 Å². The second kappa shape index (κ2) is 10.1. The van der Waals surface area contributed by atoms with E-state index in [1.807, 2.05) is 6.07 Å². The fraction of sp³-hybridized carbons (Fsp3) is 0.100. The van der Waals surface area contributed by atoms with Crippen LogP contribution in [0.4, 0.5) is 34.6 Å². The van der Waals surface area contributed by atoms with Crippen molar-refractivity contribution in [2.24, 2.45) is 5.10 Å². The number of benzene rings is 4. The van der Waals surface area contributed by atoms with Crippen LogP contribution in [-0.4, -0.2) is 27.8 Å². The number of nitrogens with one attached hydrogen (secondary N) is 1. The van der Waals surface area contributed by atoms with E-state index < -0.39 is 35.0 Å². The fourth-order valence-electron chi connectivity index (χ4n) is 4.71. The first-order valence-corrected chi connectivity index (χ1v) is 12.2. The molecule has 0 aliphatic carbocycles. The predicted molar refractivity (Wildman–Crippen MR) is 145 cm³/mol. The second-order valence-electron chi connectivity index (χ2n) is 9.49. The predicted octanol–water partition coefficient (Wildman–Crippen LogP) is 7.03. The smallest absolute Gasteiger partial charge is 0.416 e. The van der Waals surface area contributed by atoms with E-state index in [4.69, 9.17) is 0 Å². The monoisotopic (exact) mass is 563 g/mol. The molecule has 0 bridgehead atoms. The van der Waals surface area contributed by atoms with Crippen molar-refractivity contribution in [3.05, 3.63) is 106 Å². The molecule has 41 heavy (non-hydrogen) atoms. The van der Waals surface area contributed by atoms with Crippen molar-refractivity contribution in [1.82, 2.24) is 0 Å². The van der Waals surface area contributed by atoms with Gasteiger partial charge in [0.1, 0.15) is 11.6 Å². The van der Waals surface area contributed by atoms with Gasteiger partial charge in [0.15, 0.2) is 5.71 Å². The van der Waals surface area contributed by atoms with Gasteiger partial charge in [-0.3, -0.25) is 15.1 Å². The third-order valence-electron chi connectivity index (χ3n) is 6.52. The molecule has 0 radical (unpaired) electrons. The number of amides is 1. The number of aromatic carboxylic acids is 1. The molecule has 0 saturated carbocycles. The molecule has 4 aromatic rings. The summed E-state index contributed by atoms with van der Waals surface area (Å²) in [6.45, 7) is 3.61. The van der Waals surface area contributed by atoms with Crippen LogP contribution in [0.15, 0.2) is 77.9 Å². The molecule has 1 aliphatic heterocycles. The number of nitrogens with zero attached hydrogens (tertiary/aromatic N) is 2. The van der Waals surface area contributed by atoms with E-state index in [9.17, 15) is 37.4 Å². The fourth-order valence-corrected chi connectivity index (χ4v) is 4.71. The van der Waals surface area contributed by atoms with Gasteiger partial charge in [0.05, 0.1) is 22.5 Å². The van der Waals surface area contributed by atoms with Gasteiger partial charge in [-0.2, -0.15) is 18.3 Å². The number of rotatable bonds is 5. The Morgan fingerprint density at radius 2 is 1.63 bits per heavy atom. The molecule has 0 saturated heterocycles. The van der Waals surface area contributed by atoms with Crippen molar-refractivity contribution in [1.29, 1.82) is 0 Å². The lowest BCUT2D eigenvalue weighted by molar-refractivity contribution is -0.137. The number of anilines is 3. The number of aryl methyl sites for hydroxylation is 2. The first-order chi connectivity index (χ1) is 19.3. The maximum atomic E-state index is 13.9. The van der Waals surface area contributed by atoms with Gasteiger partial charge in [0.25, 0.3) is 5.91 Å². The van der Waals surface area contributed by atoms with Gasteiger partial charge in [0, 0.05) is 16.8 Å². The molecule has 0 spiro atoms. The number of fused-ring (bicyclic) bond motifs is 1. The molecule has 208 valence electrons. The average molecular weight is 564 g/mol. The number of hydrogen-bond acceptors (Lipinski definition) is 5. The number of phenolic OH excluding ortho intramolecular Hbond substituents is 1. The van der Waals surface area contributed by atoms with Crippen LogP contribution < -0.4 is 10.3 Å². The minimum Gasteiger partial charge on any atom is -0.505 e. The number of hydrogen-bond donors (Lipinski definition) is 3. The Morgan fingerprint density at radius 1 is 0.927 bits per heavy atom. The molecule has 7 nitrogen and oxygen atoms in total. The van der Waals surface area contributed by atoms with E-state index in [1.165, 1.54) is 30.3 Å². The third kappa shape index (κ3) is 5.09. The molecule has 4 aromatic carbocycles. The lowest BCUT2D eigenvalue weighted by atomic mass is 10.0. The molecule has 5 rings (SSSR count). The number of para-hydroxylation sites is 1. The Balaban J connectivity index is 1.57. The van der Waals surface area contributed by atoms with Gasteiger partial charge in [-0.25, -0.2) is 9.18 Å². The van der Waals surface area contributed by atoms with Gasteiger partial charge in [-0.1, -0.05) is 24.3 Å². The molecule has 0 unspecified atom stereocenters. The number of carbonyl (C=O) groups excluding carboxylic acids is 1. The molecule has 0 atom stereocenters. The van der Waals surface area contributed by atoms with Crippen LogP contribution in [0.1, 0.15) is 32.6 Å². The SMILES string of the molecule is Cc1cc(C)cc(N2C(=O)C(=NNc3cccc(-c4ccc(F)c(C(=O)O)c4)c3O)c3ccc(C(F)(F)F)cc32)c1. The summed E-state index contributed by atoms with van der Waals surface area (Å²) >= 11 is 0. The highest BCUT2D eigenvalue weighted by molar-refractivity contribution is 6.55. The zero-order valence-corrected chi connectivity index (χ0v) is 21.5. The zero-order valence-electron chi connectivity index (χ0n) is 21.5. The van der Waals surface area contributed by atoms with Crippen LogP contribution in [0.5, 0.6) is 5.75 Å². The molecule has 1 amide bonds. The summed E-state index contributed by atoms with van der Waals surface area (Å²) in [4.78, 5) is 26.1. The molecule has 0 aromatic heterocycles. The van der Waals surface area contributed by atoms with Gasteiger partial charge >= 0.3 is 12.1 Å². The summed E-state index contributed by atoms with van der Waals surface area (Å²) in [5, 5.41) is 24.3. The maximum Gasteiger partial charge on any atom is 0.416 e. The lowest BCUT2D eigenvalue weighted by Crippen LogP contribution is -2.26. The number of phenols is 1. The molecule has 1 heterocycles. The van der Waals surface area contributed by atoms with Crippen LogP contribution in [0.25, 0.3) is 11.1 Å². The van der Waals surface area contributed by atoms with Crippen LogP contribution in [0.3, 0.4) is 0 Å². The Hall–Kier alpha value is -5.19. The molecule has 3 N–H and O–H groups in total. The van der Waals surface area contributed by atoms with Crippen LogP contribution in [0, 0.1) is 19.7 Å². The summed E-state index contributed by atoms with van der Waals surface area (Å²) in [5.74, 6) is -3.48.